The van der Waals surface area contributed by atoms with Crippen molar-refractivity contribution in [2.75, 3.05) is 19.5 Å². The van der Waals surface area contributed by atoms with Gasteiger partial charge in [-0.3, -0.25) is 0 Å². The number of anilines is 1. The van der Waals surface area contributed by atoms with Crippen LogP contribution in [-0.4, -0.2) is 19.7 Å². The van der Waals surface area contributed by atoms with Crippen molar-refractivity contribution in [3.63, 3.8) is 0 Å². The minimum atomic E-state index is -0.439. The van der Waals surface area contributed by atoms with Crippen molar-refractivity contribution in [2.24, 2.45) is 0 Å². The fourth-order valence-electron chi connectivity index (χ4n) is 2.64. The Hall–Kier alpha value is -2.49. The van der Waals surface area contributed by atoms with Gasteiger partial charge < -0.3 is 15.2 Å². The number of hydrogen-bond donors (Lipinski definition) is 1. The molecule has 3 rings (SSSR count). The molecule has 0 saturated carbocycles. The lowest BCUT2D eigenvalue weighted by atomic mass is 9.78. The van der Waals surface area contributed by atoms with Crippen LogP contribution >= 0.6 is 0 Å². The standard InChI is InChI=1S/C17H17NO3/c1-20-17(19)15-9-13(18)6-7-16(15)21-10-12-8-11-4-2-3-5-14(11)12/h2-7,9,12H,8,10,18H2,1H3. The van der Waals surface area contributed by atoms with Crippen LogP contribution in [0.5, 0.6) is 5.75 Å². The number of nitrogens with two attached hydrogens (primary N) is 1. The lowest BCUT2D eigenvalue weighted by Crippen LogP contribution is -2.23. The molecule has 0 aromatic heterocycles. The largest absolute Gasteiger partial charge is 0.492 e. The SMILES string of the molecule is COC(=O)c1cc(N)ccc1OCC1Cc2ccccc21. The van der Waals surface area contributed by atoms with Crippen LogP contribution in [0, 0.1) is 0 Å². The average Bonchev–Trinajstić information content (AvgIpc) is 2.48. The molecule has 1 aliphatic carbocycles. The molecule has 0 saturated heterocycles. The van der Waals surface area contributed by atoms with Crippen LogP contribution in [0.4, 0.5) is 5.69 Å². The van der Waals surface area contributed by atoms with Crippen molar-refractivity contribution in [1.29, 1.82) is 0 Å². The van der Waals surface area contributed by atoms with Crippen LogP contribution in [0.3, 0.4) is 0 Å². The zero-order valence-electron chi connectivity index (χ0n) is 11.8. The van der Waals surface area contributed by atoms with Crippen molar-refractivity contribution < 1.29 is 14.3 Å². The molecular formula is C17H17NO3. The molecule has 4 heteroatoms. The summed E-state index contributed by atoms with van der Waals surface area (Å²) in [6.07, 6.45) is 1.01. The van der Waals surface area contributed by atoms with Gasteiger partial charge in [-0.15, -0.1) is 0 Å². The normalized spacial score (nSPS) is 15.8. The van der Waals surface area contributed by atoms with Crippen molar-refractivity contribution in [3.05, 3.63) is 59.2 Å². The lowest BCUT2D eigenvalue weighted by Gasteiger charge is -2.30. The van der Waals surface area contributed by atoms with E-state index in [2.05, 4.69) is 12.1 Å². The van der Waals surface area contributed by atoms with Gasteiger partial charge in [0, 0.05) is 11.6 Å². The van der Waals surface area contributed by atoms with E-state index >= 15 is 0 Å². The smallest absolute Gasteiger partial charge is 0.341 e. The predicted octanol–water partition coefficient (Wildman–Crippen LogP) is 2.77. The number of fused-ring (bicyclic) bond motifs is 1. The van der Waals surface area contributed by atoms with Gasteiger partial charge in [-0.1, -0.05) is 24.3 Å². The van der Waals surface area contributed by atoms with E-state index in [0.717, 1.165) is 6.42 Å². The summed E-state index contributed by atoms with van der Waals surface area (Å²) in [6.45, 7) is 0.547. The molecule has 0 bridgehead atoms. The van der Waals surface area contributed by atoms with Crippen LogP contribution in [0.2, 0.25) is 0 Å². The highest BCUT2D eigenvalue weighted by Gasteiger charge is 2.26. The number of ether oxygens (including phenoxy) is 2. The van der Waals surface area contributed by atoms with E-state index in [1.807, 2.05) is 12.1 Å². The van der Waals surface area contributed by atoms with Gasteiger partial charge in [0.25, 0.3) is 0 Å². The molecule has 0 radical (unpaired) electrons. The van der Waals surface area contributed by atoms with Crippen LogP contribution in [0.25, 0.3) is 0 Å². The van der Waals surface area contributed by atoms with Crippen molar-refractivity contribution in [1.82, 2.24) is 0 Å². The summed E-state index contributed by atoms with van der Waals surface area (Å²) in [4.78, 5) is 11.8. The zero-order valence-corrected chi connectivity index (χ0v) is 11.8. The summed E-state index contributed by atoms with van der Waals surface area (Å²) < 4.78 is 10.6. The molecule has 0 heterocycles. The molecule has 1 atom stereocenters. The first kappa shape index (κ1) is 13.5. The number of rotatable bonds is 4. The molecule has 0 spiro atoms. The molecule has 0 fully saturated rings. The van der Waals surface area contributed by atoms with Gasteiger partial charge in [-0.2, -0.15) is 0 Å². The third-order valence-corrected chi connectivity index (χ3v) is 3.81. The molecule has 2 aromatic carbocycles. The van der Waals surface area contributed by atoms with Gasteiger partial charge in [0.1, 0.15) is 11.3 Å². The van der Waals surface area contributed by atoms with Crippen LogP contribution in [0.15, 0.2) is 42.5 Å². The molecule has 1 unspecified atom stereocenters. The third-order valence-electron chi connectivity index (χ3n) is 3.81. The van der Waals surface area contributed by atoms with E-state index < -0.39 is 5.97 Å². The molecule has 4 nitrogen and oxygen atoms in total. The van der Waals surface area contributed by atoms with Crippen molar-refractivity contribution in [2.45, 2.75) is 12.3 Å². The van der Waals surface area contributed by atoms with Crippen molar-refractivity contribution >= 4 is 11.7 Å². The minimum Gasteiger partial charge on any atom is -0.492 e. The van der Waals surface area contributed by atoms with Gasteiger partial charge in [0.2, 0.25) is 0 Å². The number of esters is 1. The van der Waals surface area contributed by atoms with Gasteiger partial charge in [0.15, 0.2) is 0 Å². The summed E-state index contributed by atoms with van der Waals surface area (Å²) in [7, 11) is 1.34. The molecule has 0 aliphatic heterocycles. The second kappa shape index (κ2) is 5.48. The zero-order chi connectivity index (χ0) is 14.8. The Kier molecular flexibility index (Phi) is 3.52. The van der Waals surface area contributed by atoms with Crippen LogP contribution < -0.4 is 10.5 Å². The highest BCUT2D eigenvalue weighted by molar-refractivity contribution is 5.93. The van der Waals surface area contributed by atoms with Crippen molar-refractivity contribution in [3.8, 4) is 5.75 Å². The first-order chi connectivity index (χ1) is 10.2. The summed E-state index contributed by atoms with van der Waals surface area (Å²) in [5, 5.41) is 0. The average molecular weight is 283 g/mol. The highest BCUT2D eigenvalue weighted by Crippen LogP contribution is 2.35. The third kappa shape index (κ3) is 2.57. The van der Waals surface area contributed by atoms with Crippen LogP contribution in [0.1, 0.15) is 27.4 Å². The quantitative estimate of drug-likeness (QED) is 0.692. The van der Waals surface area contributed by atoms with Gasteiger partial charge >= 0.3 is 5.97 Å². The fraction of sp³-hybridized carbons (Fsp3) is 0.235. The van der Waals surface area contributed by atoms with Gasteiger partial charge in [-0.05, 0) is 35.7 Å². The summed E-state index contributed by atoms with van der Waals surface area (Å²) >= 11 is 0. The Morgan fingerprint density at radius 3 is 2.86 bits per heavy atom. The van der Waals surface area contributed by atoms with Crippen LogP contribution in [-0.2, 0) is 11.2 Å². The van der Waals surface area contributed by atoms with Gasteiger partial charge in [-0.25, -0.2) is 4.79 Å². The van der Waals surface area contributed by atoms with E-state index in [-0.39, 0.29) is 0 Å². The Balaban J connectivity index is 1.73. The Labute approximate surface area is 123 Å². The Morgan fingerprint density at radius 2 is 2.10 bits per heavy atom. The number of hydrogen-bond acceptors (Lipinski definition) is 4. The van der Waals surface area contributed by atoms with E-state index in [1.54, 1.807) is 18.2 Å². The molecular weight excluding hydrogens is 266 g/mol. The number of carbonyl (C=O) groups is 1. The Bertz CT molecular complexity index is 681. The first-order valence-corrected chi connectivity index (χ1v) is 6.87. The fourth-order valence-corrected chi connectivity index (χ4v) is 2.64. The molecule has 1 aliphatic rings. The molecule has 21 heavy (non-hydrogen) atoms. The molecule has 2 aromatic rings. The second-order valence-corrected chi connectivity index (χ2v) is 5.16. The first-order valence-electron chi connectivity index (χ1n) is 6.87. The summed E-state index contributed by atoms with van der Waals surface area (Å²) in [6, 6.07) is 13.4. The lowest BCUT2D eigenvalue weighted by molar-refractivity contribution is 0.0595. The minimum absolute atomic E-state index is 0.366. The maximum Gasteiger partial charge on any atom is 0.341 e. The van der Waals surface area contributed by atoms with E-state index in [4.69, 9.17) is 15.2 Å². The number of carbonyl (C=O) groups excluding carboxylic acids is 1. The topological polar surface area (TPSA) is 61.5 Å². The van der Waals surface area contributed by atoms with E-state index in [0.29, 0.717) is 29.5 Å². The second-order valence-electron chi connectivity index (χ2n) is 5.16. The monoisotopic (exact) mass is 283 g/mol. The molecule has 108 valence electrons. The molecule has 0 amide bonds. The maximum absolute atomic E-state index is 11.8. The van der Waals surface area contributed by atoms with E-state index in [9.17, 15) is 4.79 Å². The number of methoxy groups -OCH3 is 1. The highest BCUT2D eigenvalue weighted by atomic mass is 16.5. The summed E-state index contributed by atoms with van der Waals surface area (Å²) in [5.74, 6) is 0.455. The maximum atomic E-state index is 11.8. The molecule has 2 N–H and O–H groups in total. The number of benzene rings is 2. The van der Waals surface area contributed by atoms with Gasteiger partial charge in [0.05, 0.1) is 13.7 Å². The van der Waals surface area contributed by atoms with E-state index in [1.165, 1.54) is 18.2 Å². The summed E-state index contributed by atoms with van der Waals surface area (Å²) in [5.41, 5.74) is 9.29. The predicted molar refractivity (Wildman–Crippen MR) is 80.6 cm³/mol. The number of nitrogen functional groups attached to an aromatic ring is 1. The Morgan fingerprint density at radius 1 is 1.29 bits per heavy atom.